The molecule has 2 atom stereocenters. The van der Waals surface area contributed by atoms with Crippen molar-refractivity contribution in [2.75, 3.05) is 13.7 Å². The van der Waals surface area contributed by atoms with Crippen molar-refractivity contribution >= 4 is 0 Å². The Morgan fingerprint density at radius 1 is 1.50 bits per heavy atom. The number of ether oxygens (including phenoxy) is 1. The summed E-state index contributed by atoms with van der Waals surface area (Å²) in [5.41, 5.74) is 0. The second-order valence-electron chi connectivity index (χ2n) is 3.29. The van der Waals surface area contributed by atoms with Crippen molar-refractivity contribution < 1.29 is 4.74 Å². The third kappa shape index (κ3) is 1.50. The van der Waals surface area contributed by atoms with Gasteiger partial charge in [-0.15, -0.1) is 0 Å². The molecule has 1 N–H and O–H groups in total. The van der Waals surface area contributed by atoms with Gasteiger partial charge in [-0.25, -0.2) is 0 Å². The minimum absolute atomic E-state index is 0.444. The lowest BCUT2D eigenvalue weighted by Gasteiger charge is -2.21. The molecule has 0 amide bonds. The average Bonchev–Trinajstić information content (AvgIpc) is 2.33. The third-order valence-electron chi connectivity index (χ3n) is 2.23. The molecule has 1 saturated heterocycles. The Hall–Kier alpha value is -0.0800. The average molecular weight is 143 g/mol. The Morgan fingerprint density at radius 3 is 2.60 bits per heavy atom. The molecule has 0 aromatic rings. The Morgan fingerprint density at radius 2 is 2.20 bits per heavy atom. The van der Waals surface area contributed by atoms with E-state index >= 15 is 0 Å². The van der Waals surface area contributed by atoms with Crippen molar-refractivity contribution in [2.24, 2.45) is 5.92 Å². The quantitative estimate of drug-likeness (QED) is 0.623. The Bertz CT molecular complexity index is 103. The number of hydrogen-bond donors (Lipinski definition) is 1. The summed E-state index contributed by atoms with van der Waals surface area (Å²) < 4.78 is 5.32. The molecule has 1 aliphatic heterocycles. The van der Waals surface area contributed by atoms with Gasteiger partial charge in [0.25, 0.3) is 0 Å². The first kappa shape index (κ1) is 8.02. The number of hydrogen-bond acceptors (Lipinski definition) is 2. The van der Waals surface area contributed by atoms with Gasteiger partial charge in [0.1, 0.15) is 0 Å². The zero-order valence-electron chi connectivity index (χ0n) is 7.05. The maximum atomic E-state index is 5.32. The van der Waals surface area contributed by atoms with Gasteiger partial charge >= 0.3 is 0 Å². The Kier molecular flexibility index (Phi) is 2.69. The van der Waals surface area contributed by atoms with Crippen molar-refractivity contribution in [3.63, 3.8) is 0 Å². The molecule has 10 heavy (non-hydrogen) atoms. The summed E-state index contributed by atoms with van der Waals surface area (Å²) >= 11 is 0. The molecule has 2 unspecified atom stereocenters. The molecule has 1 rings (SSSR count). The first-order valence-electron chi connectivity index (χ1n) is 4.02. The normalized spacial score (nSPS) is 33.6. The molecule has 60 valence electrons. The van der Waals surface area contributed by atoms with Crippen LogP contribution in [0.2, 0.25) is 0 Å². The molecule has 1 fully saturated rings. The highest BCUT2D eigenvalue weighted by Crippen LogP contribution is 2.16. The summed E-state index contributed by atoms with van der Waals surface area (Å²) in [6, 6.07) is 0.574. The van der Waals surface area contributed by atoms with E-state index in [1.165, 1.54) is 6.42 Å². The first-order chi connectivity index (χ1) is 4.75. The van der Waals surface area contributed by atoms with Gasteiger partial charge in [-0.05, 0) is 18.9 Å². The van der Waals surface area contributed by atoms with E-state index in [0.717, 1.165) is 6.54 Å². The maximum absolute atomic E-state index is 5.32. The second kappa shape index (κ2) is 3.35. The number of nitrogens with one attached hydrogen (secondary N) is 1. The molecule has 0 bridgehead atoms. The van der Waals surface area contributed by atoms with E-state index in [4.69, 9.17) is 4.74 Å². The van der Waals surface area contributed by atoms with Crippen molar-refractivity contribution in [1.29, 1.82) is 0 Å². The van der Waals surface area contributed by atoms with Crippen LogP contribution in [-0.2, 0) is 4.74 Å². The highest BCUT2D eigenvalue weighted by atomic mass is 16.5. The Balaban J connectivity index is 2.42. The summed E-state index contributed by atoms with van der Waals surface area (Å²) in [6.07, 6.45) is 1.61. The van der Waals surface area contributed by atoms with Crippen LogP contribution in [0.4, 0.5) is 0 Å². The maximum Gasteiger partial charge on any atom is 0.0738 e. The summed E-state index contributed by atoms with van der Waals surface area (Å²) in [6.45, 7) is 5.57. The van der Waals surface area contributed by atoms with Gasteiger partial charge in [0, 0.05) is 13.2 Å². The third-order valence-corrected chi connectivity index (χ3v) is 2.23. The lowest BCUT2D eigenvalue weighted by Crippen LogP contribution is -2.36. The van der Waals surface area contributed by atoms with Gasteiger partial charge in [-0.2, -0.15) is 0 Å². The predicted molar refractivity (Wildman–Crippen MR) is 42.0 cm³/mol. The molecule has 1 aliphatic rings. The van der Waals surface area contributed by atoms with Crippen LogP contribution >= 0.6 is 0 Å². The monoisotopic (exact) mass is 143 g/mol. The first-order valence-corrected chi connectivity index (χ1v) is 4.02. The molecule has 2 heteroatoms. The fourth-order valence-electron chi connectivity index (χ4n) is 1.63. The molecule has 2 nitrogen and oxygen atoms in total. The van der Waals surface area contributed by atoms with Crippen LogP contribution < -0.4 is 5.32 Å². The van der Waals surface area contributed by atoms with Crippen LogP contribution in [0, 0.1) is 5.92 Å². The topological polar surface area (TPSA) is 21.3 Å². The number of rotatable bonds is 2. The highest BCUT2D eigenvalue weighted by Gasteiger charge is 2.28. The van der Waals surface area contributed by atoms with E-state index in [9.17, 15) is 0 Å². The zero-order chi connectivity index (χ0) is 7.56. The zero-order valence-corrected chi connectivity index (χ0v) is 7.05. The molecule has 0 aliphatic carbocycles. The van der Waals surface area contributed by atoms with E-state index in [1.54, 1.807) is 7.11 Å². The van der Waals surface area contributed by atoms with Gasteiger partial charge in [0.05, 0.1) is 6.10 Å². The van der Waals surface area contributed by atoms with Crippen LogP contribution in [0.25, 0.3) is 0 Å². The molecule has 0 aromatic heterocycles. The van der Waals surface area contributed by atoms with E-state index in [1.807, 2.05) is 0 Å². The van der Waals surface area contributed by atoms with Crippen LogP contribution in [-0.4, -0.2) is 25.8 Å². The molecular formula is C8H17NO. The van der Waals surface area contributed by atoms with Crippen LogP contribution in [0.1, 0.15) is 20.3 Å². The fraction of sp³-hybridized carbons (Fsp3) is 1.00. The minimum atomic E-state index is 0.444. The molecule has 0 aromatic carbocycles. The van der Waals surface area contributed by atoms with Crippen LogP contribution in [0.15, 0.2) is 0 Å². The Labute approximate surface area is 63.0 Å². The van der Waals surface area contributed by atoms with E-state index in [-0.39, 0.29) is 0 Å². The summed E-state index contributed by atoms with van der Waals surface area (Å²) in [7, 11) is 1.80. The SMILES string of the molecule is COC1CCNC1C(C)C. The van der Waals surface area contributed by atoms with Crippen molar-refractivity contribution in [3.8, 4) is 0 Å². The summed E-state index contributed by atoms with van der Waals surface area (Å²) in [5, 5.41) is 3.43. The summed E-state index contributed by atoms with van der Waals surface area (Å²) in [4.78, 5) is 0. The molecule has 0 saturated carbocycles. The smallest absolute Gasteiger partial charge is 0.0738 e. The molecule has 0 spiro atoms. The molecule has 0 radical (unpaired) electrons. The van der Waals surface area contributed by atoms with E-state index < -0.39 is 0 Å². The van der Waals surface area contributed by atoms with Gasteiger partial charge in [-0.3, -0.25) is 0 Å². The van der Waals surface area contributed by atoms with Crippen molar-refractivity contribution in [2.45, 2.75) is 32.4 Å². The van der Waals surface area contributed by atoms with Crippen molar-refractivity contribution in [1.82, 2.24) is 5.32 Å². The van der Waals surface area contributed by atoms with Crippen LogP contribution in [0.5, 0.6) is 0 Å². The summed E-state index contributed by atoms with van der Waals surface area (Å²) in [5.74, 6) is 0.687. The van der Waals surface area contributed by atoms with Crippen molar-refractivity contribution in [3.05, 3.63) is 0 Å². The number of methoxy groups -OCH3 is 1. The van der Waals surface area contributed by atoms with E-state index in [0.29, 0.717) is 18.1 Å². The molecular weight excluding hydrogens is 126 g/mol. The second-order valence-corrected chi connectivity index (χ2v) is 3.29. The van der Waals surface area contributed by atoms with Gasteiger partial charge in [0.2, 0.25) is 0 Å². The van der Waals surface area contributed by atoms with Gasteiger partial charge < -0.3 is 10.1 Å². The lowest BCUT2D eigenvalue weighted by atomic mass is 10.0. The lowest BCUT2D eigenvalue weighted by molar-refractivity contribution is 0.0785. The predicted octanol–water partition coefficient (Wildman–Crippen LogP) is 1.02. The molecule has 1 heterocycles. The minimum Gasteiger partial charge on any atom is -0.380 e. The van der Waals surface area contributed by atoms with Crippen LogP contribution in [0.3, 0.4) is 0 Å². The van der Waals surface area contributed by atoms with Gasteiger partial charge in [-0.1, -0.05) is 13.8 Å². The fourth-order valence-corrected chi connectivity index (χ4v) is 1.63. The highest BCUT2D eigenvalue weighted by molar-refractivity contribution is 4.86. The standard InChI is InChI=1S/C8H17NO/c1-6(2)8-7(10-3)4-5-9-8/h6-9H,4-5H2,1-3H3. The van der Waals surface area contributed by atoms with Gasteiger partial charge in [0.15, 0.2) is 0 Å². The van der Waals surface area contributed by atoms with E-state index in [2.05, 4.69) is 19.2 Å². The largest absolute Gasteiger partial charge is 0.380 e.